The molecule has 0 bridgehead atoms. The summed E-state index contributed by atoms with van der Waals surface area (Å²) in [6.45, 7) is 9.15. The first-order chi connectivity index (χ1) is 8.04. The third-order valence-electron chi connectivity index (χ3n) is 3.11. The molecule has 1 N–H and O–H groups in total. The summed E-state index contributed by atoms with van der Waals surface area (Å²) in [5, 5.41) is 10.6. The maximum atomic E-state index is 9.20. The smallest absolute Gasteiger partial charge is 0.0682 e. The second-order valence-electron chi connectivity index (χ2n) is 5.18. The van der Waals surface area contributed by atoms with Crippen LogP contribution in [0.5, 0.6) is 0 Å². The molecule has 1 aromatic heterocycles. The third-order valence-corrected chi connectivity index (χ3v) is 4.57. The standard InChI is InChI=1S/C15H20OS/c1-9(2)14-12-6-5-11(8-16)7-13(12)17-15(14)10(3)4/h5-7,9-10,16H,8H2,1-4H3. The van der Waals surface area contributed by atoms with E-state index in [1.54, 1.807) is 0 Å². The average molecular weight is 248 g/mol. The van der Waals surface area contributed by atoms with E-state index in [-0.39, 0.29) is 6.61 Å². The Kier molecular flexibility index (Phi) is 3.55. The zero-order chi connectivity index (χ0) is 12.6. The van der Waals surface area contributed by atoms with Gasteiger partial charge in [-0.3, -0.25) is 0 Å². The van der Waals surface area contributed by atoms with Crippen LogP contribution < -0.4 is 0 Å². The normalized spacial score (nSPS) is 11.9. The van der Waals surface area contributed by atoms with Crippen molar-refractivity contribution in [3.8, 4) is 0 Å². The van der Waals surface area contributed by atoms with Crippen LogP contribution in [0, 0.1) is 0 Å². The van der Waals surface area contributed by atoms with Crippen LogP contribution in [0.1, 0.15) is 55.5 Å². The summed E-state index contributed by atoms with van der Waals surface area (Å²) in [4.78, 5) is 1.49. The van der Waals surface area contributed by atoms with Gasteiger partial charge in [-0.1, -0.05) is 39.8 Å². The molecule has 2 aromatic rings. The maximum Gasteiger partial charge on any atom is 0.0682 e. The predicted molar refractivity (Wildman–Crippen MR) is 75.9 cm³/mol. The van der Waals surface area contributed by atoms with E-state index in [9.17, 15) is 5.11 Å². The maximum absolute atomic E-state index is 9.20. The van der Waals surface area contributed by atoms with Crippen molar-refractivity contribution in [3.05, 3.63) is 34.2 Å². The van der Waals surface area contributed by atoms with Crippen LogP contribution in [0.4, 0.5) is 0 Å². The van der Waals surface area contributed by atoms with Gasteiger partial charge in [-0.2, -0.15) is 0 Å². The van der Waals surface area contributed by atoms with E-state index in [0.29, 0.717) is 11.8 Å². The molecule has 0 aliphatic rings. The van der Waals surface area contributed by atoms with Crippen molar-refractivity contribution in [1.29, 1.82) is 0 Å². The summed E-state index contributed by atoms with van der Waals surface area (Å²) in [6, 6.07) is 6.32. The minimum Gasteiger partial charge on any atom is -0.392 e. The fraction of sp³-hybridized carbons (Fsp3) is 0.467. The van der Waals surface area contributed by atoms with Crippen LogP contribution in [0.25, 0.3) is 10.1 Å². The molecule has 0 saturated carbocycles. The molecule has 0 radical (unpaired) electrons. The van der Waals surface area contributed by atoms with Gasteiger partial charge in [-0.15, -0.1) is 11.3 Å². The lowest BCUT2D eigenvalue weighted by molar-refractivity contribution is 0.282. The van der Waals surface area contributed by atoms with E-state index in [1.165, 1.54) is 20.5 Å². The van der Waals surface area contributed by atoms with Gasteiger partial charge in [0.25, 0.3) is 0 Å². The number of hydrogen-bond acceptors (Lipinski definition) is 2. The van der Waals surface area contributed by atoms with Gasteiger partial charge < -0.3 is 5.11 Å². The first-order valence-electron chi connectivity index (χ1n) is 6.20. The molecule has 0 aliphatic carbocycles. The number of hydrogen-bond donors (Lipinski definition) is 1. The highest BCUT2D eigenvalue weighted by atomic mass is 32.1. The van der Waals surface area contributed by atoms with E-state index in [0.717, 1.165) is 5.56 Å². The average Bonchev–Trinajstić information content (AvgIpc) is 2.66. The van der Waals surface area contributed by atoms with Crippen LogP contribution in [-0.2, 0) is 6.61 Å². The molecule has 1 nitrogen and oxygen atoms in total. The summed E-state index contributed by atoms with van der Waals surface area (Å²) in [7, 11) is 0. The molecule has 17 heavy (non-hydrogen) atoms. The Balaban J connectivity index is 2.70. The number of benzene rings is 1. The largest absolute Gasteiger partial charge is 0.392 e. The lowest BCUT2D eigenvalue weighted by Gasteiger charge is -2.10. The molecule has 0 amide bonds. The first kappa shape index (κ1) is 12.6. The molecule has 92 valence electrons. The van der Waals surface area contributed by atoms with Gasteiger partial charge in [0, 0.05) is 9.58 Å². The molecule has 2 rings (SSSR count). The highest BCUT2D eigenvalue weighted by molar-refractivity contribution is 7.19. The van der Waals surface area contributed by atoms with E-state index in [4.69, 9.17) is 0 Å². The summed E-state index contributed by atoms with van der Waals surface area (Å²) in [6.07, 6.45) is 0. The minimum atomic E-state index is 0.127. The SMILES string of the molecule is CC(C)c1sc2cc(CO)ccc2c1C(C)C. The molecule has 1 heterocycles. The van der Waals surface area contributed by atoms with E-state index in [2.05, 4.69) is 39.8 Å². The van der Waals surface area contributed by atoms with Crippen molar-refractivity contribution < 1.29 is 5.11 Å². The fourth-order valence-corrected chi connectivity index (χ4v) is 3.73. The Bertz CT molecular complexity index is 523. The van der Waals surface area contributed by atoms with Gasteiger partial charge in [0.15, 0.2) is 0 Å². The summed E-state index contributed by atoms with van der Waals surface area (Å²) >= 11 is 1.88. The molecular weight excluding hydrogens is 228 g/mol. The van der Waals surface area contributed by atoms with Crippen molar-refractivity contribution in [3.63, 3.8) is 0 Å². The van der Waals surface area contributed by atoms with E-state index < -0.39 is 0 Å². The van der Waals surface area contributed by atoms with Crippen LogP contribution in [0.15, 0.2) is 18.2 Å². The third kappa shape index (κ3) is 2.24. The molecule has 0 atom stereocenters. The highest BCUT2D eigenvalue weighted by Gasteiger charge is 2.17. The molecule has 0 saturated heterocycles. The molecule has 0 fully saturated rings. The lowest BCUT2D eigenvalue weighted by atomic mass is 9.95. The summed E-state index contributed by atoms with van der Waals surface area (Å²) in [5.41, 5.74) is 2.49. The van der Waals surface area contributed by atoms with Gasteiger partial charge in [0.05, 0.1) is 6.61 Å². The van der Waals surface area contributed by atoms with Crippen molar-refractivity contribution in [2.45, 2.75) is 46.1 Å². The quantitative estimate of drug-likeness (QED) is 0.839. The molecular formula is C15H20OS. The monoisotopic (exact) mass is 248 g/mol. The zero-order valence-corrected chi connectivity index (χ0v) is 11.8. The summed E-state index contributed by atoms with van der Waals surface area (Å²) in [5.74, 6) is 1.13. The van der Waals surface area contributed by atoms with Crippen molar-refractivity contribution >= 4 is 21.4 Å². The Morgan fingerprint density at radius 3 is 2.35 bits per heavy atom. The highest BCUT2D eigenvalue weighted by Crippen LogP contribution is 2.40. The van der Waals surface area contributed by atoms with Crippen molar-refractivity contribution in [2.24, 2.45) is 0 Å². The molecule has 1 aromatic carbocycles. The molecule has 2 heteroatoms. The lowest BCUT2D eigenvalue weighted by Crippen LogP contribution is -1.93. The second-order valence-corrected chi connectivity index (χ2v) is 6.26. The van der Waals surface area contributed by atoms with Gasteiger partial charge in [-0.05, 0) is 34.4 Å². The van der Waals surface area contributed by atoms with Crippen molar-refractivity contribution in [2.75, 3.05) is 0 Å². The molecule has 0 aliphatic heterocycles. The van der Waals surface area contributed by atoms with E-state index >= 15 is 0 Å². The number of thiophene rings is 1. The Morgan fingerprint density at radius 2 is 1.82 bits per heavy atom. The Morgan fingerprint density at radius 1 is 1.12 bits per heavy atom. The van der Waals surface area contributed by atoms with E-state index in [1.807, 2.05) is 17.4 Å². The number of aliphatic hydroxyl groups is 1. The van der Waals surface area contributed by atoms with Crippen molar-refractivity contribution in [1.82, 2.24) is 0 Å². The predicted octanol–water partition coefficient (Wildman–Crippen LogP) is 4.64. The summed E-state index contributed by atoms with van der Waals surface area (Å²) < 4.78 is 1.31. The Hall–Kier alpha value is -0.860. The molecule has 0 unspecified atom stereocenters. The zero-order valence-electron chi connectivity index (χ0n) is 10.9. The van der Waals surface area contributed by atoms with Gasteiger partial charge >= 0.3 is 0 Å². The fourth-order valence-electron chi connectivity index (χ4n) is 2.30. The number of fused-ring (bicyclic) bond motifs is 1. The van der Waals surface area contributed by atoms with Gasteiger partial charge in [0.1, 0.15) is 0 Å². The van der Waals surface area contributed by atoms with Crippen LogP contribution in [0.3, 0.4) is 0 Å². The molecule has 0 spiro atoms. The second kappa shape index (κ2) is 4.79. The van der Waals surface area contributed by atoms with Crippen LogP contribution in [0.2, 0.25) is 0 Å². The number of aliphatic hydroxyl groups excluding tert-OH is 1. The van der Waals surface area contributed by atoms with Crippen LogP contribution >= 0.6 is 11.3 Å². The van der Waals surface area contributed by atoms with Gasteiger partial charge in [-0.25, -0.2) is 0 Å². The minimum absolute atomic E-state index is 0.127. The topological polar surface area (TPSA) is 20.2 Å². The Labute approximate surface area is 107 Å². The first-order valence-corrected chi connectivity index (χ1v) is 7.02. The number of rotatable bonds is 3. The van der Waals surface area contributed by atoms with Crippen LogP contribution in [-0.4, -0.2) is 5.11 Å². The van der Waals surface area contributed by atoms with Gasteiger partial charge in [0.2, 0.25) is 0 Å².